The minimum absolute atomic E-state index is 0.0701. The zero-order valence-electron chi connectivity index (χ0n) is 13.8. The maximum Gasteiger partial charge on any atom is 0.246 e. The maximum absolute atomic E-state index is 12.3. The third-order valence-corrected chi connectivity index (χ3v) is 3.80. The quantitative estimate of drug-likeness (QED) is 0.750. The molecular formula is C19H20N2O4. The van der Waals surface area contributed by atoms with E-state index in [1.807, 2.05) is 0 Å². The minimum Gasteiger partial charge on any atom is -0.465 e. The van der Waals surface area contributed by atoms with Gasteiger partial charge in [0.05, 0.1) is 12.5 Å². The highest BCUT2D eigenvalue weighted by Gasteiger charge is 2.31. The van der Waals surface area contributed by atoms with E-state index in [0.29, 0.717) is 24.6 Å². The molecule has 1 N–H and O–H groups in total. The van der Waals surface area contributed by atoms with Crippen molar-refractivity contribution in [2.24, 2.45) is 0 Å². The Morgan fingerprint density at radius 2 is 1.72 bits per heavy atom. The van der Waals surface area contributed by atoms with Crippen LogP contribution >= 0.6 is 0 Å². The van der Waals surface area contributed by atoms with Crippen molar-refractivity contribution < 1.29 is 18.4 Å². The van der Waals surface area contributed by atoms with Crippen molar-refractivity contribution in [2.75, 3.05) is 13.1 Å². The molecule has 1 saturated carbocycles. The number of rotatable bonds is 8. The minimum atomic E-state index is -0.217. The van der Waals surface area contributed by atoms with Crippen LogP contribution in [0.25, 0.3) is 12.2 Å². The van der Waals surface area contributed by atoms with Crippen molar-refractivity contribution in [1.82, 2.24) is 10.2 Å². The van der Waals surface area contributed by atoms with Gasteiger partial charge in [0, 0.05) is 31.3 Å². The second kappa shape index (κ2) is 8.19. The lowest BCUT2D eigenvalue weighted by molar-refractivity contribution is -0.127. The normalized spacial score (nSPS) is 14.2. The molecule has 6 nitrogen and oxygen atoms in total. The molecule has 0 unspecified atom stereocenters. The first-order valence-electron chi connectivity index (χ1n) is 8.24. The number of carbonyl (C=O) groups excluding carboxylic acids is 2. The van der Waals surface area contributed by atoms with Crippen LogP contribution in [0.15, 0.2) is 57.8 Å². The highest BCUT2D eigenvalue weighted by Crippen LogP contribution is 2.26. The van der Waals surface area contributed by atoms with Crippen LogP contribution in [0.1, 0.15) is 24.4 Å². The van der Waals surface area contributed by atoms with Crippen LogP contribution in [0.3, 0.4) is 0 Å². The number of amides is 2. The van der Waals surface area contributed by atoms with Gasteiger partial charge >= 0.3 is 0 Å². The zero-order valence-corrected chi connectivity index (χ0v) is 13.8. The number of hydrogen-bond donors (Lipinski definition) is 1. The highest BCUT2D eigenvalue weighted by atomic mass is 16.3. The van der Waals surface area contributed by atoms with Gasteiger partial charge < -0.3 is 19.1 Å². The third-order valence-electron chi connectivity index (χ3n) is 3.80. The van der Waals surface area contributed by atoms with E-state index in [1.165, 1.54) is 12.2 Å². The number of nitrogens with zero attached hydrogens (tertiary/aromatic N) is 1. The van der Waals surface area contributed by atoms with E-state index >= 15 is 0 Å². The van der Waals surface area contributed by atoms with E-state index in [4.69, 9.17) is 8.83 Å². The average Bonchev–Trinajstić information content (AvgIpc) is 3.10. The monoisotopic (exact) mass is 340 g/mol. The Kier molecular flexibility index (Phi) is 5.51. The maximum atomic E-state index is 12.3. The van der Waals surface area contributed by atoms with Gasteiger partial charge in [-0.05, 0) is 49.3 Å². The lowest BCUT2D eigenvalue weighted by Crippen LogP contribution is -2.38. The summed E-state index contributed by atoms with van der Waals surface area (Å²) in [6, 6.07) is 7.35. The molecular weight excluding hydrogens is 320 g/mol. The summed E-state index contributed by atoms with van der Waals surface area (Å²) < 4.78 is 10.3. The summed E-state index contributed by atoms with van der Waals surface area (Å²) in [5.74, 6) is 0.971. The van der Waals surface area contributed by atoms with E-state index in [1.54, 1.807) is 53.8 Å². The van der Waals surface area contributed by atoms with Crippen LogP contribution in [0.2, 0.25) is 0 Å². The number of hydrogen-bond acceptors (Lipinski definition) is 4. The topological polar surface area (TPSA) is 75.7 Å². The fourth-order valence-corrected chi connectivity index (χ4v) is 2.40. The van der Waals surface area contributed by atoms with Crippen LogP contribution < -0.4 is 5.32 Å². The van der Waals surface area contributed by atoms with Crippen molar-refractivity contribution in [3.63, 3.8) is 0 Å². The van der Waals surface area contributed by atoms with Gasteiger partial charge in [0.1, 0.15) is 11.5 Å². The zero-order chi connectivity index (χ0) is 17.5. The van der Waals surface area contributed by atoms with E-state index in [-0.39, 0.29) is 17.9 Å². The number of nitrogens with one attached hydrogen (secondary N) is 1. The molecule has 1 aliphatic rings. The smallest absolute Gasteiger partial charge is 0.246 e. The molecule has 25 heavy (non-hydrogen) atoms. The Morgan fingerprint density at radius 1 is 1.08 bits per heavy atom. The first kappa shape index (κ1) is 16.8. The van der Waals surface area contributed by atoms with E-state index in [0.717, 1.165) is 12.8 Å². The average molecular weight is 340 g/mol. The predicted molar refractivity (Wildman–Crippen MR) is 93.2 cm³/mol. The van der Waals surface area contributed by atoms with Gasteiger partial charge in [0.25, 0.3) is 0 Å². The largest absolute Gasteiger partial charge is 0.465 e. The SMILES string of the molecule is O=C(C=Cc1ccco1)NCCN(C(=O)C=Cc1ccco1)C1CC1. The molecule has 0 aliphatic heterocycles. The molecule has 0 radical (unpaired) electrons. The Balaban J connectivity index is 1.45. The van der Waals surface area contributed by atoms with Crippen LogP contribution in [0, 0.1) is 0 Å². The van der Waals surface area contributed by atoms with Crippen molar-refractivity contribution in [1.29, 1.82) is 0 Å². The summed E-state index contributed by atoms with van der Waals surface area (Å²) in [4.78, 5) is 25.9. The van der Waals surface area contributed by atoms with Crippen LogP contribution in [-0.2, 0) is 9.59 Å². The molecule has 0 bridgehead atoms. The number of carbonyl (C=O) groups is 2. The summed E-state index contributed by atoms with van der Waals surface area (Å²) >= 11 is 0. The summed E-state index contributed by atoms with van der Waals surface area (Å²) in [5, 5.41) is 2.78. The second-order valence-corrected chi connectivity index (χ2v) is 5.75. The van der Waals surface area contributed by atoms with Gasteiger partial charge in [0.15, 0.2) is 0 Å². The van der Waals surface area contributed by atoms with Crippen molar-refractivity contribution in [3.8, 4) is 0 Å². The summed E-state index contributed by atoms with van der Waals surface area (Å²) in [5.41, 5.74) is 0. The summed E-state index contributed by atoms with van der Waals surface area (Å²) in [6.45, 7) is 0.879. The predicted octanol–water partition coefficient (Wildman–Crippen LogP) is 2.71. The molecule has 1 fully saturated rings. The molecule has 0 aromatic carbocycles. The fourth-order valence-electron chi connectivity index (χ4n) is 2.40. The molecule has 2 aromatic heterocycles. The Labute approximate surface area is 145 Å². The highest BCUT2D eigenvalue weighted by molar-refractivity contribution is 5.92. The summed E-state index contributed by atoms with van der Waals surface area (Å²) in [7, 11) is 0. The fraction of sp³-hybridized carbons (Fsp3) is 0.263. The van der Waals surface area contributed by atoms with Gasteiger partial charge in [-0.3, -0.25) is 9.59 Å². The molecule has 0 spiro atoms. The van der Waals surface area contributed by atoms with Gasteiger partial charge in [0.2, 0.25) is 11.8 Å². The molecule has 1 aliphatic carbocycles. The van der Waals surface area contributed by atoms with Gasteiger partial charge in [-0.25, -0.2) is 0 Å². The van der Waals surface area contributed by atoms with E-state index in [9.17, 15) is 9.59 Å². The van der Waals surface area contributed by atoms with Gasteiger partial charge in [-0.2, -0.15) is 0 Å². The Morgan fingerprint density at radius 3 is 2.28 bits per heavy atom. The molecule has 2 heterocycles. The molecule has 3 rings (SSSR count). The number of furan rings is 2. The second-order valence-electron chi connectivity index (χ2n) is 5.75. The van der Waals surface area contributed by atoms with Crippen molar-refractivity contribution >= 4 is 24.0 Å². The first-order chi connectivity index (χ1) is 12.2. The third kappa shape index (κ3) is 5.24. The van der Waals surface area contributed by atoms with Gasteiger partial charge in [-0.15, -0.1) is 0 Å². The molecule has 2 amide bonds. The van der Waals surface area contributed by atoms with Crippen molar-refractivity contribution in [3.05, 3.63) is 60.5 Å². The standard InChI is InChI=1S/C19H20N2O4/c22-18(9-7-16-3-1-13-24-16)20-11-12-21(15-5-6-15)19(23)10-8-17-4-2-14-25-17/h1-4,7-10,13-15H,5-6,11-12H2,(H,20,22). The Hall–Kier alpha value is -3.02. The van der Waals surface area contributed by atoms with Crippen molar-refractivity contribution in [2.45, 2.75) is 18.9 Å². The lowest BCUT2D eigenvalue weighted by atomic mass is 10.3. The van der Waals surface area contributed by atoms with Crippen LogP contribution in [0.4, 0.5) is 0 Å². The molecule has 130 valence electrons. The lowest BCUT2D eigenvalue weighted by Gasteiger charge is -2.20. The van der Waals surface area contributed by atoms with E-state index in [2.05, 4.69) is 5.32 Å². The molecule has 2 aromatic rings. The Bertz CT molecular complexity index is 741. The molecule has 6 heteroatoms. The van der Waals surface area contributed by atoms with Crippen LogP contribution in [-0.4, -0.2) is 35.8 Å². The molecule has 0 saturated heterocycles. The van der Waals surface area contributed by atoms with E-state index < -0.39 is 0 Å². The van der Waals surface area contributed by atoms with Crippen LogP contribution in [0.5, 0.6) is 0 Å². The first-order valence-corrected chi connectivity index (χ1v) is 8.24. The molecule has 0 atom stereocenters. The summed E-state index contributed by atoms with van der Waals surface area (Å²) in [6.07, 6.45) is 11.3. The van der Waals surface area contributed by atoms with Gasteiger partial charge in [-0.1, -0.05) is 0 Å².